The van der Waals surface area contributed by atoms with Gasteiger partial charge in [0.15, 0.2) is 0 Å². The van der Waals surface area contributed by atoms with Crippen molar-refractivity contribution in [2.75, 3.05) is 32.9 Å². The third-order valence-electron chi connectivity index (χ3n) is 3.72. The fourth-order valence-corrected chi connectivity index (χ4v) is 2.76. The van der Waals surface area contributed by atoms with E-state index < -0.39 is 6.10 Å². The number of nitrogen functional groups attached to an aromatic ring is 1. The molecule has 20 heavy (non-hydrogen) atoms. The number of amides is 1. The van der Waals surface area contributed by atoms with Gasteiger partial charge in [-0.05, 0) is 45.1 Å². The van der Waals surface area contributed by atoms with Gasteiger partial charge in [-0.1, -0.05) is 6.07 Å². The molecule has 2 atom stereocenters. The van der Waals surface area contributed by atoms with E-state index in [1.165, 1.54) is 0 Å². The predicted octanol–water partition coefficient (Wildman–Crippen LogP) is 0.714. The monoisotopic (exact) mass is 277 g/mol. The number of rotatable bonds is 3. The van der Waals surface area contributed by atoms with Crippen molar-refractivity contribution in [1.82, 2.24) is 9.80 Å². The molecule has 0 bridgehead atoms. The number of carbonyl (C=O) groups excluding carboxylic acids is 1. The number of anilines is 1. The molecule has 3 N–H and O–H groups in total. The number of hydrogen-bond donors (Lipinski definition) is 2. The fraction of sp³-hybridized carbons (Fsp3) is 0.533. The highest BCUT2D eigenvalue weighted by Crippen LogP contribution is 2.23. The van der Waals surface area contributed by atoms with E-state index in [9.17, 15) is 9.90 Å². The summed E-state index contributed by atoms with van der Waals surface area (Å²) in [4.78, 5) is 16.5. The standard InChI is InChI=1S/C15H23N3O2/c1-10-4-5-11(16)6-14(10)15(20)18-9-13(19)7-12(18)8-17(2)3/h4-6,12-13,19H,7-9,16H2,1-3H3. The number of aliphatic hydroxyl groups excluding tert-OH is 1. The van der Waals surface area contributed by atoms with Crippen molar-refractivity contribution in [1.29, 1.82) is 0 Å². The molecule has 1 saturated heterocycles. The number of aryl methyl sites for hydroxylation is 1. The van der Waals surface area contributed by atoms with Crippen LogP contribution < -0.4 is 5.73 Å². The van der Waals surface area contributed by atoms with E-state index in [2.05, 4.69) is 0 Å². The molecule has 0 saturated carbocycles. The highest BCUT2D eigenvalue weighted by Gasteiger charge is 2.35. The van der Waals surface area contributed by atoms with Crippen LogP contribution >= 0.6 is 0 Å². The minimum Gasteiger partial charge on any atom is -0.399 e. The van der Waals surface area contributed by atoms with Crippen LogP contribution in [0, 0.1) is 6.92 Å². The average molecular weight is 277 g/mol. The Kier molecular flexibility index (Phi) is 4.30. The molecule has 5 heteroatoms. The number of likely N-dealkylation sites (N-methyl/N-ethyl adjacent to an activating group) is 1. The maximum absolute atomic E-state index is 12.7. The number of benzene rings is 1. The quantitative estimate of drug-likeness (QED) is 0.799. The van der Waals surface area contributed by atoms with Crippen LogP contribution in [0.25, 0.3) is 0 Å². The number of nitrogens with zero attached hydrogens (tertiary/aromatic N) is 2. The molecule has 5 nitrogen and oxygen atoms in total. The summed E-state index contributed by atoms with van der Waals surface area (Å²) >= 11 is 0. The third kappa shape index (κ3) is 3.11. The van der Waals surface area contributed by atoms with Gasteiger partial charge < -0.3 is 20.6 Å². The molecule has 110 valence electrons. The van der Waals surface area contributed by atoms with Crippen LogP contribution in [-0.4, -0.2) is 60.1 Å². The third-order valence-corrected chi connectivity index (χ3v) is 3.72. The zero-order valence-electron chi connectivity index (χ0n) is 12.3. The Bertz CT molecular complexity index is 502. The highest BCUT2D eigenvalue weighted by atomic mass is 16.3. The number of hydrogen-bond acceptors (Lipinski definition) is 4. The summed E-state index contributed by atoms with van der Waals surface area (Å²) in [5.74, 6) is -0.0433. The van der Waals surface area contributed by atoms with E-state index in [1.54, 1.807) is 17.0 Å². The van der Waals surface area contributed by atoms with E-state index in [4.69, 9.17) is 5.73 Å². The number of likely N-dealkylation sites (tertiary alicyclic amines) is 1. The molecular formula is C15H23N3O2. The summed E-state index contributed by atoms with van der Waals surface area (Å²) in [5.41, 5.74) is 7.90. The fourth-order valence-electron chi connectivity index (χ4n) is 2.76. The molecule has 1 fully saturated rings. The summed E-state index contributed by atoms with van der Waals surface area (Å²) < 4.78 is 0. The first kappa shape index (κ1) is 14.8. The minimum atomic E-state index is -0.440. The lowest BCUT2D eigenvalue weighted by atomic mass is 10.1. The van der Waals surface area contributed by atoms with E-state index in [1.807, 2.05) is 32.0 Å². The van der Waals surface area contributed by atoms with E-state index in [-0.39, 0.29) is 11.9 Å². The highest BCUT2D eigenvalue weighted by molar-refractivity contribution is 5.97. The lowest BCUT2D eigenvalue weighted by Gasteiger charge is -2.27. The number of aliphatic hydroxyl groups is 1. The molecule has 0 radical (unpaired) electrons. The first-order chi connectivity index (χ1) is 9.38. The van der Waals surface area contributed by atoms with Crippen molar-refractivity contribution in [3.8, 4) is 0 Å². The Morgan fingerprint density at radius 2 is 2.20 bits per heavy atom. The molecule has 1 heterocycles. The Labute approximate surface area is 120 Å². The van der Waals surface area contributed by atoms with Gasteiger partial charge in [-0.3, -0.25) is 4.79 Å². The number of carbonyl (C=O) groups is 1. The van der Waals surface area contributed by atoms with E-state index >= 15 is 0 Å². The zero-order chi connectivity index (χ0) is 14.9. The van der Waals surface area contributed by atoms with Gasteiger partial charge in [0.1, 0.15) is 0 Å². The Morgan fingerprint density at radius 1 is 1.50 bits per heavy atom. The van der Waals surface area contributed by atoms with Crippen molar-refractivity contribution in [2.24, 2.45) is 0 Å². The molecule has 0 aliphatic carbocycles. The van der Waals surface area contributed by atoms with Crippen molar-refractivity contribution in [3.63, 3.8) is 0 Å². The van der Waals surface area contributed by atoms with Gasteiger partial charge in [0.25, 0.3) is 5.91 Å². The number of nitrogens with two attached hydrogens (primary N) is 1. The van der Waals surface area contributed by atoms with Crippen LogP contribution in [-0.2, 0) is 0 Å². The van der Waals surface area contributed by atoms with Crippen LogP contribution in [0.5, 0.6) is 0 Å². The Morgan fingerprint density at radius 3 is 2.85 bits per heavy atom. The lowest BCUT2D eigenvalue weighted by molar-refractivity contribution is 0.0698. The normalized spacial score (nSPS) is 22.6. The molecular weight excluding hydrogens is 254 g/mol. The van der Waals surface area contributed by atoms with E-state index in [0.29, 0.717) is 24.2 Å². The van der Waals surface area contributed by atoms with Crippen molar-refractivity contribution in [3.05, 3.63) is 29.3 Å². The smallest absolute Gasteiger partial charge is 0.254 e. The lowest BCUT2D eigenvalue weighted by Crippen LogP contribution is -2.41. The van der Waals surface area contributed by atoms with Crippen LogP contribution in [0.4, 0.5) is 5.69 Å². The van der Waals surface area contributed by atoms with E-state index in [0.717, 1.165) is 12.1 Å². The molecule has 1 aromatic carbocycles. The second-order valence-corrected chi connectivity index (χ2v) is 5.84. The summed E-state index contributed by atoms with van der Waals surface area (Å²) in [7, 11) is 3.94. The van der Waals surface area contributed by atoms with Gasteiger partial charge >= 0.3 is 0 Å². The van der Waals surface area contributed by atoms with Gasteiger partial charge in [-0.2, -0.15) is 0 Å². The molecule has 1 amide bonds. The first-order valence-corrected chi connectivity index (χ1v) is 6.88. The van der Waals surface area contributed by atoms with Gasteiger partial charge in [0.05, 0.1) is 6.10 Å². The molecule has 0 spiro atoms. The Balaban J connectivity index is 2.24. The second kappa shape index (κ2) is 5.81. The van der Waals surface area contributed by atoms with Crippen LogP contribution in [0.1, 0.15) is 22.3 Å². The van der Waals surface area contributed by atoms with Crippen molar-refractivity contribution >= 4 is 11.6 Å². The average Bonchev–Trinajstić information content (AvgIpc) is 2.71. The maximum atomic E-state index is 12.7. The topological polar surface area (TPSA) is 69.8 Å². The summed E-state index contributed by atoms with van der Waals surface area (Å²) in [5, 5.41) is 9.87. The van der Waals surface area contributed by atoms with Crippen LogP contribution in [0.3, 0.4) is 0 Å². The SMILES string of the molecule is Cc1ccc(N)cc1C(=O)N1CC(O)CC1CN(C)C. The molecule has 1 aliphatic heterocycles. The molecule has 2 rings (SSSR count). The Hall–Kier alpha value is -1.59. The van der Waals surface area contributed by atoms with Crippen molar-refractivity contribution < 1.29 is 9.90 Å². The zero-order valence-corrected chi connectivity index (χ0v) is 12.3. The number of β-amino-alcohol motifs (C(OH)–C–C–N with tert-alkyl or cyclic N) is 1. The van der Waals surface area contributed by atoms with Crippen LogP contribution in [0.15, 0.2) is 18.2 Å². The van der Waals surface area contributed by atoms with Crippen LogP contribution in [0.2, 0.25) is 0 Å². The van der Waals surface area contributed by atoms with Gasteiger partial charge in [0.2, 0.25) is 0 Å². The minimum absolute atomic E-state index is 0.0433. The second-order valence-electron chi connectivity index (χ2n) is 5.84. The molecule has 2 unspecified atom stereocenters. The van der Waals surface area contributed by atoms with Gasteiger partial charge in [-0.15, -0.1) is 0 Å². The summed E-state index contributed by atoms with van der Waals surface area (Å²) in [6.45, 7) is 3.05. The maximum Gasteiger partial charge on any atom is 0.254 e. The van der Waals surface area contributed by atoms with Crippen molar-refractivity contribution in [2.45, 2.75) is 25.5 Å². The van der Waals surface area contributed by atoms with Gasteiger partial charge in [0, 0.05) is 30.4 Å². The van der Waals surface area contributed by atoms with Gasteiger partial charge in [-0.25, -0.2) is 0 Å². The molecule has 0 aromatic heterocycles. The summed E-state index contributed by atoms with van der Waals surface area (Å²) in [6.07, 6.45) is 0.191. The predicted molar refractivity (Wildman–Crippen MR) is 79.6 cm³/mol. The molecule has 1 aliphatic rings. The first-order valence-electron chi connectivity index (χ1n) is 6.88. The summed E-state index contributed by atoms with van der Waals surface area (Å²) in [6, 6.07) is 5.42. The molecule has 1 aromatic rings. The largest absolute Gasteiger partial charge is 0.399 e.